The van der Waals surface area contributed by atoms with Crippen molar-refractivity contribution < 1.29 is 27.8 Å². The second-order valence-electron chi connectivity index (χ2n) is 10.9. The fraction of sp³-hybridized carbons (Fsp3) is 0.235. The first-order valence-electron chi connectivity index (χ1n) is 13.9. The molecule has 4 atom stereocenters. The minimum Gasteiger partial charge on any atom is -0.443 e. The number of pyridine rings is 2. The van der Waals surface area contributed by atoms with E-state index in [9.17, 15) is 18.4 Å². The van der Waals surface area contributed by atoms with E-state index in [1.807, 2.05) is 0 Å². The third kappa shape index (κ3) is 7.97. The van der Waals surface area contributed by atoms with Crippen LogP contribution in [0, 0.1) is 11.6 Å². The van der Waals surface area contributed by atoms with Gasteiger partial charge in [0.05, 0.1) is 22.2 Å². The van der Waals surface area contributed by atoms with Crippen molar-refractivity contribution in [3.63, 3.8) is 0 Å². The van der Waals surface area contributed by atoms with Gasteiger partial charge in [0.1, 0.15) is 11.6 Å². The maximum absolute atomic E-state index is 13.9. The molecular weight excluding hydrogens is 566 g/mol. The molecule has 0 bridgehead atoms. The number of aromatic nitrogens is 2. The van der Waals surface area contributed by atoms with Crippen LogP contribution in [0.5, 0.6) is 0 Å². The average Bonchev–Trinajstić information content (AvgIpc) is 3.00. The molecule has 0 fully saturated rings. The molecule has 0 aliphatic rings. The van der Waals surface area contributed by atoms with Gasteiger partial charge in [-0.2, -0.15) is 0 Å². The zero-order valence-electron chi connectivity index (χ0n) is 24.4. The molecule has 0 radical (unpaired) electrons. The van der Waals surface area contributed by atoms with Crippen LogP contribution in [0.4, 0.5) is 8.78 Å². The number of carbonyl (C=O) groups excluding carboxylic acids is 2. The number of hydrogen-bond donors (Lipinski definition) is 2. The number of benzene rings is 2. The molecule has 2 aromatic carbocycles. The highest BCUT2D eigenvalue weighted by molar-refractivity contribution is 5.91. The Morgan fingerprint density at radius 2 is 1.11 bits per heavy atom. The van der Waals surface area contributed by atoms with Crippen molar-refractivity contribution >= 4 is 11.9 Å². The van der Waals surface area contributed by atoms with E-state index in [1.165, 1.54) is 24.3 Å². The Hall–Kier alpha value is -4.80. The zero-order chi connectivity index (χ0) is 31.7. The van der Waals surface area contributed by atoms with Gasteiger partial charge in [-0.25, -0.2) is 18.4 Å². The molecule has 228 valence electrons. The highest BCUT2D eigenvalue weighted by Gasteiger charge is 2.39. The van der Waals surface area contributed by atoms with Crippen LogP contribution in [0.2, 0.25) is 0 Å². The lowest BCUT2D eigenvalue weighted by Gasteiger charge is -2.34. The molecule has 0 saturated heterocycles. The first-order chi connectivity index (χ1) is 21.0. The van der Waals surface area contributed by atoms with Crippen LogP contribution in [0.15, 0.2) is 109 Å². The van der Waals surface area contributed by atoms with Gasteiger partial charge in [0.25, 0.3) is 0 Å². The lowest BCUT2D eigenvalue weighted by Crippen LogP contribution is -2.48. The molecule has 4 rings (SSSR count). The van der Waals surface area contributed by atoms with Crippen molar-refractivity contribution in [2.24, 2.45) is 11.5 Å². The van der Waals surface area contributed by atoms with Crippen LogP contribution in [-0.4, -0.2) is 34.4 Å². The Kier molecular flexibility index (Phi) is 10.3. The number of ether oxygens (including phenoxy) is 2. The Balaban J connectivity index is 1.46. The third-order valence-corrected chi connectivity index (χ3v) is 7.52. The molecule has 4 unspecified atom stereocenters. The van der Waals surface area contributed by atoms with Crippen molar-refractivity contribution in [3.05, 3.63) is 144 Å². The fourth-order valence-electron chi connectivity index (χ4n) is 4.94. The van der Waals surface area contributed by atoms with E-state index in [4.69, 9.17) is 20.9 Å². The lowest BCUT2D eigenvalue weighted by atomic mass is 9.78. The largest absolute Gasteiger partial charge is 0.443 e. The summed E-state index contributed by atoms with van der Waals surface area (Å²) in [6.07, 6.45) is 2.95. The smallest absolute Gasteiger partial charge is 0.332 e. The molecule has 0 saturated carbocycles. The Morgan fingerprint density at radius 3 is 1.45 bits per heavy atom. The molecule has 4 aromatic rings. The molecule has 8 nitrogen and oxygen atoms in total. The van der Waals surface area contributed by atoms with Gasteiger partial charge < -0.3 is 9.47 Å². The van der Waals surface area contributed by atoms with E-state index < -0.39 is 46.9 Å². The summed E-state index contributed by atoms with van der Waals surface area (Å²) in [5.41, 5.74) is 13.0. The zero-order valence-corrected chi connectivity index (χ0v) is 24.4. The molecule has 10 heteroatoms. The van der Waals surface area contributed by atoms with E-state index in [1.54, 1.807) is 86.9 Å². The summed E-state index contributed by atoms with van der Waals surface area (Å²) < 4.78 is 38.8. The van der Waals surface area contributed by atoms with Gasteiger partial charge in [0, 0.05) is 24.5 Å². The van der Waals surface area contributed by atoms with Crippen molar-refractivity contribution in [1.82, 2.24) is 9.97 Å². The van der Waals surface area contributed by atoms with E-state index in [0.717, 1.165) is 12.2 Å². The van der Waals surface area contributed by atoms with Gasteiger partial charge in [0.15, 0.2) is 12.5 Å². The van der Waals surface area contributed by atoms with Crippen LogP contribution in [0.3, 0.4) is 0 Å². The second kappa shape index (κ2) is 14.1. The number of carbonyl (C=O) groups is 2. The van der Waals surface area contributed by atoms with Crippen LogP contribution >= 0.6 is 0 Å². The first kappa shape index (κ1) is 32.1. The maximum atomic E-state index is 13.9. The van der Waals surface area contributed by atoms with Crippen molar-refractivity contribution in [2.75, 3.05) is 0 Å². The molecule has 0 amide bonds. The van der Waals surface area contributed by atoms with Crippen molar-refractivity contribution in [3.8, 4) is 0 Å². The Morgan fingerprint density at radius 1 is 0.705 bits per heavy atom. The van der Waals surface area contributed by atoms with Crippen LogP contribution in [0.1, 0.15) is 36.4 Å². The predicted molar refractivity (Wildman–Crippen MR) is 161 cm³/mol. The molecule has 4 N–H and O–H groups in total. The minimum atomic E-state index is -1.21. The van der Waals surface area contributed by atoms with Crippen LogP contribution < -0.4 is 11.5 Å². The summed E-state index contributed by atoms with van der Waals surface area (Å²) in [7, 11) is 0. The first-order valence-corrected chi connectivity index (χ1v) is 13.9. The standard InChI is InChI=1S/C34H34F2N4O4/c1-33(27-13-3-5-17-39-27,21-23-9-7-11-25(35)19-23)31(37)43-29(41)15-16-30(42)44-32(38)34(2,28-14-4-6-18-40-28)22-24-10-8-12-26(36)20-24/h3-20,31-32H,21-22,37-38H2,1-2H3/b16-15+. The van der Waals surface area contributed by atoms with Gasteiger partial charge >= 0.3 is 11.9 Å². The molecule has 0 spiro atoms. The lowest BCUT2D eigenvalue weighted by molar-refractivity contribution is -0.149. The highest BCUT2D eigenvalue weighted by atomic mass is 19.1. The summed E-state index contributed by atoms with van der Waals surface area (Å²) in [6, 6.07) is 22.6. The summed E-state index contributed by atoms with van der Waals surface area (Å²) in [4.78, 5) is 34.3. The molecular formula is C34H34F2N4O4. The Labute approximate surface area is 254 Å². The third-order valence-electron chi connectivity index (χ3n) is 7.52. The quantitative estimate of drug-likeness (QED) is 0.136. The van der Waals surface area contributed by atoms with E-state index in [0.29, 0.717) is 22.5 Å². The van der Waals surface area contributed by atoms with Crippen LogP contribution in [-0.2, 0) is 42.7 Å². The van der Waals surface area contributed by atoms with Gasteiger partial charge in [-0.1, -0.05) is 36.4 Å². The number of rotatable bonds is 12. The van der Waals surface area contributed by atoms with Gasteiger partial charge in [-0.15, -0.1) is 0 Å². The second-order valence-corrected chi connectivity index (χ2v) is 10.9. The van der Waals surface area contributed by atoms with E-state index in [2.05, 4.69) is 9.97 Å². The topological polar surface area (TPSA) is 130 Å². The highest BCUT2D eigenvalue weighted by Crippen LogP contribution is 2.32. The minimum absolute atomic E-state index is 0.217. The van der Waals surface area contributed by atoms with Crippen molar-refractivity contribution in [1.29, 1.82) is 0 Å². The maximum Gasteiger partial charge on any atom is 0.332 e. The van der Waals surface area contributed by atoms with E-state index >= 15 is 0 Å². The fourth-order valence-corrected chi connectivity index (χ4v) is 4.94. The van der Waals surface area contributed by atoms with Crippen molar-refractivity contribution in [2.45, 2.75) is 50.0 Å². The normalized spacial score (nSPS) is 15.5. The van der Waals surface area contributed by atoms with Gasteiger partial charge in [-0.05, 0) is 86.3 Å². The summed E-state index contributed by atoms with van der Waals surface area (Å²) in [5, 5.41) is 0. The van der Waals surface area contributed by atoms with E-state index in [-0.39, 0.29) is 12.8 Å². The monoisotopic (exact) mass is 600 g/mol. The number of esters is 2. The Bertz CT molecular complexity index is 1490. The van der Waals surface area contributed by atoms with Crippen LogP contribution in [0.25, 0.3) is 0 Å². The predicted octanol–water partition coefficient (Wildman–Crippen LogP) is 4.67. The number of nitrogens with zero attached hydrogens (tertiary/aromatic N) is 2. The summed E-state index contributed by atoms with van der Waals surface area (Å²) >= 11 is 0. The number of halogens is 2. The van der Waals surface area contributed by atoms with Gasteiger partial charge in [-0.3, -0.25) is 21.4 Å². The summed E-state index contributed by atoms with van der Waals surface area (Å²) in [6.45, 7) is 3.51. The van der Waals surface area contributed by atoms with Gasteiger partial charge in [0.2, 0.25) is 0 Å². The summed E-state index contributed by atoms with van der Waals surface area (Å²) in [5.74, 6) is -2.63. The molecule has 2 aromatic heterocycles. The average molecular weight is 601 g/mol. The molecule has 0 aliphatic heterocycles. The number of hydrogen-bond acceptors (Lipinski definition) is 8. The SMILES string of the molecule is CC(Cc1cccc(F)c1)(c1ccccn1)C(N)OC(=O)/C=C/C(=O)OC(N)C(C)(Cc1cccc(F)c1)c1ccccn1. The number of nitrogens with two attached hydrogens (primary N) is 2. The molecule has 0 aliphatic carbocycles. The molecule has 44 heavy (non-hydrogen) atoms. The molecule has 2 heterocycles.